The number of carbonyl (C=O) groups is 1. The summed E-state index contributed by atoms with van der Waals surface area (Å²) < 4.78 is 21.2. The fourth-order valence-corrected chi connectivity index (χ4v) is 2.55. The Labute approximate surface area is 157 Å². The highest BCUT2D eigenvalue weighted by Gasteiger charge is 2.10. The summed E-state index contributed by atoms with van der Waals surface area (Å²) in [5.41, 5.74) is 1.09. The molecule has 3 rings (SSSR count). The first-order valence-corrected chi connectivity index (χ1v) is 8.86. The summed E-state index contributed by atoms with van der Waals surface area (Å²) in [6.45, 7) is 2.80. The Morgan fingerprint density at radius 1 is 1.19 bits per heavy atom. The molecule has 6 nitrogen and oxygen atoms in total. The smallest absolute Gasteiger partial charge is 0.255 e. The minimum absolute atomic E-state index is 0.259. The van der Waals surface area contributed by atoms with Gasteiger partial charge < -0.3 is 10.1 Å². The predicted molar refractivity (Wildman–Crippen MR) is 101 cm³/mol. The van der Waals surface area contributed by atoms with Crippen molar-refractivity contribution in [3.8, 4) is 11.4 Å². The molecule has 0 saturated heterocycles. The van der Waals surface area contributed by atoms with E-state index in [0.717, 1.165) is 25.0 Å². The van der Waals surface area contributed by atoms with E-state index in [1.807, 2.05) is 0 Å². The van der Waals surface area contributed by atoms with Crippen molar-refractivity contribution < 1.29 is 13.9 Å². The van der Waals surface area contributed by atoms with Gasteiger partial charge >= 0.3 is 0 Å². The summed E-state index contributed by atoms with van der Waals surface area (Å²) in [6.07, 6.45) is 6.01. The number of aromatic nitrogens is 3. The van der Waals surface area contributed by atoms with Crippen LogP contribution in [0, 0.1) is 5.82 Å². The first-order chi connectivity index (χ1) is 13.2. The van der Waals surface area contributed by atoms with Crippen molar-refractivity contribution in [2.24, 2.45) is 0 Å². The highest BCUT2D eigenvalue weighted by Crippen LogP contribution is 2.19. The number of hydrogen-bond donors (Lipinski definition) is 1. The predicted octanol–water partition coefficient (Wildman–Crippen LogP) is 4.23. The molecule has 0 spiro atoms. The van der Waals surface area contributed by atoms with Gasteiger partial charge in [-0.25, -0.2) is 14.1 Å². The van der Waals surface area contributed by atoms with Crippen LogP contribution in [0.4, 0.5) is 10.1 Å². The van der Waals surface area contributed by atoms with Crippen LogP contribution < -0.4 is 10.1 Å². The maximum absolute atomic E-state index is 14.2. The van der Waals surface area contributed by atoms with E-state index in [2.05, 4.69) is 22.3 Å². The molecule has 0 bridgehead atoms. The van der Waals surface area contributed by atoms with Gasteiger partial charge in [-0.2, -0.15) is 5.10 Å². The molecule has 0 unspecified atom stereocenters. The van der Waals surface area contributed by atoms with Crippen molar-refractivity contribution in [1.82, 2.24) is 14.8 Å². The summed E-state index contributed by atoms with van der Waals surface area (Å²) >= 11 is 0. The van der Waals surface area contributed by atoms with Gasteiger partial charge in [0.05, 0.1) is 6.61 Å². The molecular weight excluding hydrogens is 347 g/mol. The van der Waals surface area contributed by atoms with Crippen LogP contribution in [0.5, 0.6) is 5.75 Å². The van der Waals surface area contributed by atoms with Gasteiger partial charge in [0.1, 0.15) is 24.1 Å². The number of halogens is 1. The Balaban J connectivity index is 1.61. The Morgan fingerprint density at radius 3 is 2.67 bits per heavy atom. The average molecular weight is 368 g/mol. The SMILES string of the molecule is CCCCCOc1ccc(C(=O)Nc2ccc(-n3cncn3)c(F)c2)cc1. The summed E-state index contributed by atoms with van der Waals surface area (Å²) in [6, 6.07) is 11.3. The zero-order valence-corrected chi connectivity index (χ0v) is 15.1. The maximum Gasteiger partial charge on any atom is 0.255 e. The normalized spacial score (nSPS) is 10.6. The molecule has 3 aromatic rings. The Hall–Kier alpha value is -3.22. The zero-order chi connectivity index (χ0) is 19.1. The van der Waals surface area contributed by atoms with Crippen LogP contribution in [0.2, 0.25) is 0 Å². The van der Waals surface area contributed by atoms with Crippen LogP contribution in [0.25, 0.3) is 5.69 Å². The van der Waals surface area contributed by atoms with Crippen LogP contribution in [0.15, 0.2) is 55.1 Å². The lowest BCUT2D eigenvalue weighted by Gasteiger charge is -2.09. The molecule has 0 atom stereocenters. The zero-order valence-electron chi connectivity index (χ0n) is 15.1. The molecule has 0 radical (unpaired) electrons. The van der Waals surface area contributed by atoms with Crippen molar-refractivity contribution in [2.45, 2.75) is 26.2 Å². The van der Waals surface area contributed by atoms with E-state index < -0.39 is 5.82 Å². The molecule has 1 N–H and O–H groups in total. The monoisotopic (exact) mass is 368 g/mol. The lowest BCUT2D eigenvalue weighted by Crippen LogP contribution is -2.12. The molecule has 1 amide bonds. The molecule has 0 aliphatic carbocycles. The molecule has 1 heterocycles. The minimum atomic E-state index is -0.505. The van der Waals surface area contributed by atoms with Crippen molar-refractivity contribution in [3.05, 3.63) is 66.5 Å². The molecule has 0 aliphatic heterocycles. The van der Waals surface area contributed by atoms with E-state index >= 15 is 0 Å². The van der Waals surface area contributed by atoms with E-state index in [1.54, 1.807) is 30.3 Å². The second kappa shape index (κ2) is 8.93. The highest BCUT2D eigenvalue weighted by atomic mass is 19.1. The van der Waals surface area contributed by atoms with Crippen molar-refractivity contribution >= 4 is 11.6 Å². The number of benzene rings is 2. The van der Waals surface area contributed by atoms with E-state index in [4.69, 9.17) is 4.74 Å². The number of rotatable bonds is 8. The largest absolute Gasteiger partial charge is 0.494 e. The van der Waals surface area contributed by atoms with Gasteiger partial charge in [0, 0.05) is 11.3 Å². The average Bonchev–Trinajstić information content (AvgIpc) is 3.20. The van der Waals surface area contributed by atoms with E-state index in [-0.39, 0.29) is 11.6 Å². The molecule has 7 heteroatoms. The second-order valence-electron chi connectivity index (χ2n) is 6.04. The molecule has 0 saturated carbocycles. The lowest BCUT2D eigenvalue weighted by molar-refractivity contribution is 0.102. The fourth-order valence-electron chi connectivity index (χ4n) is 2.55. The Bertz CT molecular complexity index is 880. The Morgan fingerprint density at radius 2 is 2.00 bits per heavy atom. The molecule has 1 aromatic heterocycles. The third-order valence-corrected chi connectivity index (χ3v) is 4.00. The number of nitrogens with zero attached hydrogens (tertiary/aromatic N) is 3. The third kappa shape index (κ3) is 4.91. The summed E-state index contributed by atoms with van der Waals surface area (Å²) in [5, 5.41) is 6.58. The first kappa shape index (κ1) is 18.6. The first-order valence-electron chi connectivity index (χ1n) is 8.86. The van der Waals surface area contributed by atoms with Crippen molar-refractivity contribution in [3.63, 3.8) is 0 Å². The number of ether oxygens (including phenoxy) is 1. The number of carbonyl (C=O) groups excluding carboxylic acids is 1. The van der Waals surface area contributed by atoms with Crippen LogP contribution >= 0.6 is 0 Å². The second-order valence-corrected chi connectivity index (χ2v) is 6.04. The molecule has 140 valence electrons. The molecule has 2 aromatic carbocycles. The van der Waals surface area contributed by atoms with Gasteiger partial charge in [-0.1, -0.05) is 19.8 Å². The van der Waals surface area contributed by atoms with Gasteiger partial charge in [0.15, 0.2) is 5.82 Å². The number of anilines is 1. The third-order valence-electron chi connectivity index (χ3n) is 4.00. The van der Waals surface area contributed by atoms with Gasteiger partial charge in [0.25, 0.3) is 5.91 Å². The standard InChI is InChI=1S/C20H21FN4O2/c1-2-3-4-11-27-17-8-5-15(6-9-17)20(26)24-16-7-10-19(18(21)12-16)25-14-22-13-23-25/h5-10,12-14H,2-4,11H2,1H3,(H,24,26). The van der Waals surface area contributed by atoms with Crippen LogP contribution in [-0.4, -0.2) is 27.3 Å². The van der Waals surface area contributed by atoms with Gasteiger partial charge in [-0.3, -0.25) is 4.79 Å². The highest BCUT2D eigenvalue weighted by molar-refractivity contribution is 6.04. The minimum Gasteiger partial charge on any atom is -0.494 e. The number of nitrogens with one attached hydrogen (secondary N) is 1. The van der Waals surface area contributed by atoms with Crippen LogP contribution in [-0.2, 0) is 0 Å². The van der Waals surface area contributed by atoms with Crippen molar-refractivity contribution in [1.29, 1.82) is 0 Å². The molecule has 0 aliphatic rings. The van der Waals surface area contributed by atoms with Crippen molar-refractivity contribution in [2.75, 3.05) is 11.9 Å². The van der Waals surface area contributed by atoms with Gasteiger partial charge in [-0.15, -0.1) is 0 Å². The summed E-state index contributed by atoms with van der Waals surface area (Å²) in [7, 11) is 0. The number of unbranched alkanes of at least 4 members (excludes halogenated alkanes) is 2. The van der Waals surface area contributed by atoms with Crippen LogP contribution in [0.1, 0.15) is 36.5 Å². The Kier molecular flexibility index (Phi) is 6.14. The van der Waals surface area contributed by atoms with E-state index in [9.17, 15) is 9.18 Å². The molecular formula is C20H21FN4O2. The van der Waals surface area contributed by atoms with Gasteiger partial charge in [-0.05, 0) is 48.9 Å². The maximum atomic E-state index is 14.2. The summed E-state index contributed by atoms with van der Waals surface area (Å²) in [5.74, 6) is -0.0968. The summed E-state index contributed by atoms with van der Waals surface area (Å²) in [4.78, 5) is 16.1. The quantitative estimate of drug-likeness (QED) is 0.604. The topological polar surface area (TPSA) is 69.0 Å². The molecule has 0 fully saturated rings. The fraction of sp³-hybridized carbons (Fsp3) is 0.250. The lowest BCUT2D eigenvalue weighted by atomic mass is 10.2. The number of hydrogen-bond acceptors (Lipinski definition) is 4. The number of amides is 1. The van der Waals surface area contributed by atoms with E-state index in [0.29, 0.717) is 17.9 Å². The van der Waals surface area contributed by atoms with Gasteiger partial charge in [0.2, 0.25) is 0 Å². The van der Waals surface area contributed by atoms with E-state index in [1.165, 1.54) is 29.5 Å². The van der Waals surface area contributed by atoms with Crippen LogP contribution in [0.3, 0.4) is 0 Å². The molecule has 27 heavy (non-hydrogen) atoms.